The summed E-state index contributed by atoms with van der Waals surface area (Å²) in [6.45, 7) is 0.349. The van der Waals surface area contributed by atoms with Crippen molar-refractivity contribution in [2.75, 3.05) is 0 Å². The highest BCUT2D eigenvalue weighted by molar-refractivity contribution is 7.85. The minimum atomic E-state index is -2.83. The van der Waals surface area contributed by atoms with Crippen LogP contribution in [-0.4, -0.2) is 9.97 Å². The topological polar surface area (TPSA) is 43.1 Å². The van der Waals surface area contributed by atoms with Crippen LogP contribution in [0.2, 0.25) is 0 Å². The van der Waals surface area contributed by atoms with Gasteiger partial charge in [0.1, 0.15) is 10.8 Å². The van der Waals surface area contributed by atoms with Crippen LogP contribution in [0.3, 0.4) is 0 Å². The third-order valence-electron chi connectivity index (χ3n) is 1.55. The minimum absolute atomic E-state index is 0.132. The molecule has 1 unspecified atom stereocenters. The number of halogens is 2. The first-order valence-corrected chi connectivity index (χ1v) is 4.84. The van der Waals surface area contributed by atoms with E-state index in [0.717, 1.165) is 5.56 Å². The SMILES string of the molecule is NCc1ccc(S(=O)C(F)F)cc1. The molecule has 0 saturated heterocycles. The van der Waals surface area contributed by atoms with E-state index in [1.807, 2.05) is 0 Å². The smallest absolute Gasteiger partial charge is 0.316 e. The molecule has 1 rings (SSSR count). The van der Waals surface area contributed by atoms with Crippen LogP contribution in [-0.2, 0) is 17.3 Å². The Morgan fingerprint density at radius 3 is 2.23 bits per heavy atom. The van der Waals surface area contributed by atoms with Crippen LogP contribution in [0.5, 0.6) is 0 Å². The van der Waals surface area contributed by atoms with Crippen molar-refractivity contribution < 1.29 is 13.0 Å². The summed E-state index contributed by atoms with van der Waals surface area (Å²) in [7, 11) is -2.22. The molecule has 0 fully saturated rings. The second-order valence-electron chi connectivity index (χ2n) is 2.41. The van der Waals surface area contributed by atoms with E-state index in [2.05, 4.69) is 0 Å². The fourth-order valence-electron chi connectivity index (χ4n) is 0.863. The molecule has 13 heavy (non-hydrogen) atoms. The Morgan fingerprint density at radius 2 is 1.85 bits per heavy atom. The largest absolute Gasteiger partial charge is 0.326 e. The van der Waals surface area contributed by atoms with E-state index in [9.17, 15) is 13.0 Å². The molecule has 0 aliphatic rings. The molecule has 72 valence electrons. The van der Waals surface area contributed by atoms with Crippen LogP contribution >= 0.6 is 0 Å². The summed E-state index contributed by atoms with van der Waals surface area (Å²) in [4.78, 5) is 0.132. The van der Waals surface area contributed by atoms with E-state index < -0.39 is 16.6 Å². The molecule has 0 aliphatic carbocycles. The highest BCUT2D eigenvalue weighted by Gasteiger charge is 2.14. The third kappa shape index (κ3) is 2.57. The summed E-state index contributed by atoms with van der Waals surface area (Å²) in [5.41, 5.74) is 6.14. The van der Waals surface area contributed by atoms with Gasteiger partial charge >= 0.3 is 5.76 Å². The maximum Gasteiger partial charge on any atom is 0.316 e. The maximum absolute atomic E-state index is 12.0. The van der Waals surface area contributed by atoms with E-state index in [0.29, 0.717) is 6.54 Å². The van der Waals surface area contributed by atoms with Crippen molar-refractivity contribution in [1.29, 1.82) is 0 Å². The number of alkyl halides is 2. The summed E-state index contributed by atoms with van der Waals surface area (Å²) in [5.74, 6) is -2.83. The summed E-state index contributed by atoms with van der Waals surface area (Å²) in [5, 5.41) is 0. The molecule has 0 heterocycles. The van der Waals surface area contributed by atoms with Gasteiger partial charge in [-0.3, -0.25) is 0 Å². The highest BCUT2D eigenvalue weighted by Crippen LogP contribution is 2.13. The third-order valence-corrected chi connectivity index (χ3v) is 2.61. The van der Waals surface area contributed by atoms with Crippen LogP contribution in [0, 0.1) is 0 Å². The van der Waals surface area contributed by atoms with Crippen molar-refractivity contribution >= 4 is 10.8 Å². The van der Waals surface area contributed by atoms with Gasteiger partial charge in [-0.05, 0) is 17.7 Å². The van der Waals surface area contributed by atoms with Gasteiger partial charge in [0.15, 0.2) is 0 Å². The van der Waals surface area contributed by atoms with Crippen LogP contribution < -0.4 is 5.73 Å². The number of benzene rings is 1. The quantitative estimate of drug-likeness (QED) is 0.812. The Kier molecular flexibility index (Phi) is 3.50. The zero-order chi connectivity index (χ0) is 9.84. The molecule has 1 atom stereocenters. The van der Waals surface area contributed by atoms with E-state index in [-0.39, 0.29) is 4.90 Å². The summed E-state index contributed by atoms with van der Waals surface area (Å²) < 4.78 is 34.8. The lowest BCUT2D eigenvalue weighted by Crippen LogP contribution is -2.03. The van der Waals surface area contributed by atoms with Crippen molar-refractivity contribution in [3.05, 3.63) is 29.8 Å². The van der Waals surface area contributed by atoms with E-state index in [1.165, 1.54) is 12.1 Å². The van der Waals surface area contributed by atoms with Crippen LogP contribution in [0.15, 0.2) is 29.2 Å². The number of hydrogen-bond acceptors (Lipinski definition) is 2. The lowest BCUT2D eigenvalue weighted by Gasteiger charge is -2.01. The molecule has 0 amide bonds. The Morgan fingerprint density at radius 1 is 1.31 bits per heavy atom. The minimum Gasteiger partial charge on any atom is -0.326 e. The van der Waals surface area contributed by atoms with Gasteiger partial charge in [0.2, 0.25) is 0 Å². The molecule has 5 heteroatoms. The van der Waals surface area contributed by atoms with Crippen molar-refractivity contribution in [2.24, 2.45) is 5.73 Å². The molecule has 2 nitrogen and oxygen atoms in total. The fourth-order valence-corrected chi connectivity index (χ4v) is 1.47. The average molecular weight is 205 g/mol. The first kappa shape index (κ1) is 10.3. The van der Waals surface area contributed by atoms with Gasteiger partial charge in [-0.25, -0.2) is 4.21 Å². The molecule has 0 aromatic heterocycles. The maximum atomic E-state index is 12.0. The fraction of sp³-hybridized carbons (Fsp3) is 0.250. The van der Waals surface area contributed by atoms with E-state index in [4.69, 9.17) is 5.73 Å². The van der Waals surface area contributed by atoms with Crippen molar-refractivity contribution in [1.82, 2.24) is 0 Å². The lowest BCUT2D eigenvalue weighted by atomic mass is 10.2. The van der Waals surface area contributed by atoms with Gasteiger partial charge in [0, 0.05) is 11.4 Å². The second kappa shape index (κ2) is 4.43. The first-order valence-electron chi connectivity index (χ1n) is 3.63. The molecular formula is C8H9F2NOS. The van der Waals surface area contributed by atoms with E-state index in [1.54, 1.807) is 12.1 Å². The Bertz CT molecular complexity index is 300. The molecular weight excluding hydrogens is 196 g/mol. The molecule has 2 N–H and O–H groups in total. The van der Waals surface area contributed by atoms with Gasteiger partial charge < -0.3 is 5.73 Å². The molecule has 0 spiro atoms. The van der Waals surface area contributed by atoms with Gasteiger partial charge in [-0.1, -0.05) is 12.1 Å². The molecule has 0 aliphatic heterocycles. The predicted octanol–water partition coefficient (Wildman–Crippen LogP) is 1.48. The molecule has 0 bridgehead atoms. The molecule has 1 aromatic carbocycles. The lowest BCUT2D eigenvalue weighted by molar-refractivity contribution is 0.244. The summed E-state index contributed by atoms with van der Waals surface area (Å²) >= 11 is 0. The Balaban J connectivity index is 2.86. The highest BCUT2D eigenvalue weighted by atomic mass is 32.2. The number of rotatable bonds is 3. The zero-order valence-corrected chi connectivity index (χ0v) is 7.56. The van der Waals surface area contributed by atoms with Crippen LogP contribution in [0.25, 0.3) is 0 Å². The summed E-state index contributed by atoms with van der Waals surface area (Å²) in [6.07, 6.45) is 0. The molecule has 0 radical (unpaired) electrons. The van der Waals surface area contributed by atoms with Crippen molar-refractivity contribution in [3.63, 3.8) is 0 Å². The monoisotopic (exact) mass is 205 g/mol. The number of hydrogen-bond donors (Lipinski definition) is 1. The first-order chi connectivity index (χ1) is 6.15. The van der Waals surface area contributed by atoms with Gasteiger partial charge in [0.05, 0.1) is 0 Å². The van der Waals surface area contributed by atoms with Crippen LogP contribution in [0.4, 0.5) is 8.78 Å². The van der Waals surface area contributed by atoms with E-state index >= 15 is 0 Å². The van der Waals surface area contributed by atoms with Crippen LogP contribution in [0.1, 0.15) is 5.56 Å². The Labute approximate surface area is 77.2 Å². The normalized spacial score (nSPS) is 13.2. The second-order valence-corrected chi connectivity index (χ2v) is 3.83. The van der Waals surface area contributed by atoms with Gasteiger partial charge in [-0.15, -0.1) is 0 Å². The number of nitrogens with two attached hydrogens (primary N) is 1. The van der Waals surface area contributed by atoms with Crippen molar-refractivity contribution in [2.45, 2.75) is 17.2 Å². The predicted molar refractivity (Wildman–Crippen MR) is 46.7 cm³/mol. The molecule has 0 saturated carbocycles. The molecule has 1 aromatic rings. The standard InChI is InChI=1S/C8H9F2NOS/c9-8(10)13(12)7-3-1-6(5-11)2-4-7/h1-4,8H,5,11H2. The van der Waals surface area contributed by atoms with Gasteiger partial charge in [-0.2, -0.15) is 8.78 Å². The Hall–Kier alpha value is -0.810. The summed E-state index contributed by atoms with van der Waals surface area (Å²) in [6, 6.07) is 6.00. The van der Waals surface area contributed by atoms with Crippen molar-refractivity contribution in [3.8, 4) is 0 Å². The zero-order valence-electron chi connectivity index (χ0n) is 6.74. The van der Waals surface area contributed by atoms with Gasteiger partial charge in [0.25, 0.3) is 0 Å². The average Bonchev–Trinajstić information content (AvgIpc) is 2.17.